The maximum absolute atomic E-state index is 6.00. The van der Waals surface area contributed by atoms with E-state index in [-0.39, 0.29) is 0 Å². The van der Waals surface area contributed by atoms with Crippen LogP contribution in [0.4, 0.5) is 11.6 Å². The van der Waals surface area contributed by atoms with Gasteiger partial charge < -0.3 is 19.7 Å². The molecule has 0 spiro atoms. The van der Waals surface area contributed by atoms with Crippen LogP contribution >= 0.6 is 0 Å². The van der Waals surface area contributed by atoms with E-state index in [0.717, 1.165) is 33.8 Å². The molecule has 0 fully saturated rings. The van der Waals surface area contributed by atoms with Gasteiger partial charge >= 0.3 is 0 Å². The number of allylic oxidation sites excluding steroid dienone is 1. The van der Waals surface area contributed by atoms with Crippen molar-refractivity contribution in [2.45, 2.75) is 13.0 Å². The molecular weight excluding hydrogens is 352 g/mol. The lowest BCUT2D eigenvalue weighted by Gasteiger charge is -2.24. The van der Waals surface area contributed by atoms with E-state index in [0.29, 0.717) is 12.0 Å². The van der Waals surface area contributed by atoms with Crippen LogP contribution in [0.1, 0.15) is 6.92 Å². The summed E-state index contributed by atoms with van der Waals surface area (Å²) in [6, 6.07) is 13.8. The van der Waals surface area contributed by atoms with E-state index in [1.165, 1.54) is 0 Å². The van der Waals surface area contributed by atoms with Crippen LogP contribution < -0.4 is 14.8 Å². The molecular formula is C22H22N4O2. The standard InChI is InChI=1S/C22H22N4O2/c1-15-12-18(10-11-26(15)2)28-17-8-9-19-16(13-17)14-23-22(24-19)25-20-6-4-5-7-21(20)27-3/h4-15H,1-3H3,(H,23,24,25). The van der Waals surface area contributed by atoms with Crippen molar-refractivity contribution in [2.24, 2.45) is 0 Å². The van der Waals surface area contributed by atoms with Crippen molar-refractivity contribution in [2.75, 3.05) is 19.5 Å². The lowest BCUT2D eigenvalue weighted by molar-refractivity contribution is 0.367. The molecule has 28 heavy (non-hydrogen) atoms. The summed E-state index contributed by atoms with van der Waals surface area (Å²) < 4.78 is 11.4. The Bertz CT molecular complexity index is 1060. The van der Waals surface area contributed by atoms with Crippen molar-refractivity contribution >= 4 is 22.5 Å². The second-order valence-electron chi connectivity index (χ2n) is 6.63. The van der Waals surface area contributed by atoms with E-state index in [2.05, 4.69) is 33.2 Å². The summed E-state index contributed by atoms with van der Waals surface area (Å²) >= 11 is 0. The van der Waals surface area contributed by atoms with Gasteiger partial charge in [-0.3, -0.25) is 0 Å². The summed E-state index contributed by atoms with van der Waals surface area (Å²) in [6.07, 6.45) is 7.84. The molecule has 142 valence electrons. The van der Waals surface area contributed by atoms with E-state index < -0.39 is 0 Å². The zero-order chi connectivity index (χ0) is 19.5. The van der Waals surface area contributed by atoms with Crippen molar-refractivity contribution in [1.29, 1.82) is 0 Å². The third-order valence-corrected chi connectivity index (χ3v) is 4.66. The van der Waals surface area contributed by atoms with Gasteiger partial charge in [0.05, 0.1) is 18.3 Å². The molecule has 1 unspecified atom stereocenters. The van der Waals surface area contributed by atoms with Gasteiger partial charge in [0, 0.05) is 30.9 Å². The van der Waals surface area contributed by atoms with Crippen LogP contribution in [-0.2, 0) is 0 Å². The summed E-state index contributed by atoms with van der Waals surface area (Å²) in [5, 5.41) is 4.11. The predicted molar refractivity (Wildman–Crippen MR) is 111 cm³/mol. The van der Waals surface area contributed by atoms with E-state index in [9.17, 15) is 0 Å². The molecule has 1 atom stereocenters. The number of fused-ring (bicyclic) bond motifs is 1. The summed E-state index contributed by atoms with van der Waals surface area (Å²) in [6.45, 7) is 2.12. The number of nitrogens with zero attached hydrogens (tertiary/aromatic N) is 3. The number of rotatable bonds is 5. The highest BCUT2D eigenvalue weighted by atomic mass is 16.5. The molecule has 0 radical (unpaired) electrons. The molecule has 2 heterocycles. The molecule has 0 aliphatic carbocycles. The molecule has 0 saturated heterocycles. The van der Waals surface area contributed by atoms with E-state index in [1.807, 2.05) is 61.8 Å². The highest BCUT2D eigenvalue weighted by Gasteiger charge is 2.11. The van der Waals surface area contributed by atoms with E-state index in [4.69, 9.17) is 9.47 Å². The van der Waals surface area contributed by atoms with Crippen molar-refractivity contribution in [1.82, 2.24) is 14.9 Å². The topological polar surface area (TPSA) is 59.5 Å². The van der Waals surface area contributed by atoms with Gasteiger partial charge in [0.25, 0.3) is 0 Å². The lowest BCUT2D eigenvalue weighted by Crippen LogP contribution is -2.25. The summed E-state index contributed by atoms with van der Waals surface area (Å²) in [4.78, 5) is 11.1. The van der Waals surface area contributed by atoms with Crippen molar-refractivity contribution in [3.05, 3.63) is 72.8 Å². The number of ether oxygens (including phenoxy) is 2. The van der Waals surface area contributed by atoms with E-state index >= 15 is 0 Å². The number of aromatic nitrogens is 2. The summed E-state index contributed by atoms with van der Waals surface area (Å²) in [5.74, 6) is 2.85. The number of likely N-dealkylation sites (N-methyl/N-ethyl adjacent to an activating group) is 1. The number of benzene rings is 2. The highest BCUT2D eigenvalue weighted by molar-refractivity contribution is 5.81. The first-order valence-corrected chi connectivity index (χ1v) is 9.09. The van der Waals surface area contributed by atoms with Crippen LogP contribution in [0.2, 0.25) is 0 Å². The first kappa shape index (κ1) is 17.9. The molecule has 0 bridgehead atoms. The second kappa shape index (κ2) is 7.60. The Balaban J connectivity index is 1.55. The van der Waals surface area contributed by atoms with Gasteiger partial charge in [-0.05, 0) is 49.4 Å². The Morgan fingerprint density at radius 3 is 2.82 bits per heavy atom. The highest BCUT2D eigenvalue weighted by Crippen LogP contribution is 2.27. The largest absolute Gasteiger partial charge is 0.495 e. The van der Waals surface area contributed by atoms with Gasteiger partial charge in [-0.25, -0.2) is 9.97 Å². The molecule has 1 aliphatic heterocycles. The molecule has 2 aromatic carbocycles. The smallest absolute Gasteiger partial charge is 0.227 e. The third-order valence-electron chi connectivity index (χ3n) is 4.66. The number of anilines is 2. The van der Waals surface area contributed by atoms with Gasteiger partial charge in [-0.15, -0.1) is 0 Å². The molecule has 1 aliphatic rings. The minimum absolute atomic E-state index is 0.299. The maximum Gasteiger partial charge on any atom is 0.227 e. The third kappa shape index (κ3) is 3.76. The van der Waals surface area contributed by atoms with E-state index in [1.54, 1.807) is 13.3 Å². The molecule has 1 N–H and O–H groups in total. The van der Waals surface area contributed by atoms with Crippen LogP contribution in [0.3, 0.4) is 0 Å². The molecule has 6 nitrogen and oxygen atoms in total. The first-order chi connectivity index (χ1) is 13.6. The normalized spacial score (nSPS) is 16.0. The van der Waals surface area contributed by atoms with Crippen LogP contribution in [0.25, 0.3) is 10.9 Å². The van der Waals surface area contributed by atoms with Gasteiger partial charge in [0.1, 0.15) is 17.3 Å². The fourth-order valence-corrected chi connectivity index (χ4v) is 2.95. The number of hydrogen-bond acceptors (Lipinski definition) is 6. The molecule has 4 rings (SSSR count). The number of methoxy groups -OCH3 is 1. The Labute approximate surface area is 164 Å². The monoisotopic (exact) mass is 374 g/mol. The fraction of sp³-hybridized carbons (Fsp3) is 0.182. The van der Waals surface area contributed by atoms with Crippen molar-refractivity contribution in [3.63, 3.8) is 0 Å². The van der Waals surface area contributed by atoms with Crippen LogP contribution in [0.5, 0.6) is 11.5 Å². The quantitative estimate of drug-likeness (QED) is 0.710. The predicted octanol–water partition coefficient (Wildman–Crippen LogP) is 4.49. The zero-order valence-corrected chi connectivity index (χ0v) is 16.1. The minimum Gasteiger partial charge on any atom is -0.495 e. The Hall–Kier alpha value is -3.54. The maximum atomic E-state index is 6.00. The summed E-state index contributed by atoms with van der Waals surface area (Å²) in [7, 11) is 3.68. The summed E-state index contributed by atoms with van der Waals surface area (Å²) in [5.41, 5.74) is 1.65. The van der Waals surface area contributed by atoms with Crippen LogP contribution in [0, 0.1) is 0 Å². The Morgan fingerprint density at radius 2 is 2.00 bits per heavy atom. The second-order valence-corrected chi connectivity index (χ2v) is 6.63. The number of nitrogens with one attached hydrogen (secondary N) is 1. The molecule has 3 aromatic rings. The van der Waals surface area contributed by atoms with Gasteiger partial charge in [0.2, 0.25) is 5.95 Å². The lowest BCUT2D eigenvalue weighted by atomic mass is 10.2. The Kier molecular flexibility index (Phi) is 4.85. The van der Waals surface area contributed by atoms with Crippen LogP contribution in [0.15, 0.2) is 72.8 Å². The zero-order valence-electron chi connectivity index (χ0n) is 16.1. The van der Waals surface area contributed by atoms with Gasteiger partial charge in [-0.2, -0.15) is 0 Å². The molecule has 6 heteroatoms. The first-order valence-electron chi connectivity index (χ1n) is 9.09. The average Bonchev–Trinajstić information content (AvgIpc) is 2.71. The number of para-hydroxylation sites is 2. The van der Waals surface area contributed by atoms with Gasteiger partial charge in [-0.1, -0.05) is 12.1 Å². The van der Waals surface area contributed by atoms with Crippen LogP contribution in [-0.4, -0.2) is 35.1 Å². The Morgan fingerprint density at radius 1 is 1.14 bits per heavy atom. The minimum atomic E-state index is 0.299. The van der Waals surface area contributed by atoms with Gasteiger partial charge in [0.15, 0.2) is 0 Å². The molecule has 1 aromatic heterocycles. The molecule has 0 amide bonds. The SMILES string of the molecule is COc1ccccc1Nc1ncc2cc(OC3=CC(C)N(C)C=C3)ccc2n1. The number of hydrogen-bond donors (Lipinski definition) is 1. The molecule has 0 saturated carbocycles. The van der Waals surface area contributed by atoms with Crippen molar-refractivity contribution < 1.29 is 9.47 Å². The fourth-order valence-electron chi connectivity index (χ4n) is 2.95. The average molecular weight is 374 g/mol. The van der Waals surface area contributed by atoms with Crippen molar-refractivity contribution in [3.8, 4) is 11.5 Å².